The van der Waals surface area contributed by atoms with E-state index in [-0.39, 0.29) is 11.4 Å². The van der Waals surface area contributed by atoms with Crippen molar-refractivity contribution >= 4 is 0 Å². The Kier molecular flexibility index (Phi) is 1.97. The Hall–Kier alpha value is -0.0800. The van der Waals surface area contributed by atoms with Gasteiger partial charge in [-0.25, -0.2) is 0 Å². The van der Waals surface area contributed by atoms with Crippen LogP contribution in [0.2, 0.25) is 0 Å². The fourth-order valence-corrected chi connectivity index (χ4v) is 3.12. The Balaban J connectivity index is 2.28. The van der Waals surface area contributed by atoms with Gasteiger partial charge in [-0.3, -0.25) is 0 Å². The van der Waals surface area contributed by atoms with Gasteiger partial charge in [-0.2, -0.15) is 0 Å². The van der Waals surface area contributed by atoms with E-state index < -0.39 is 0 Å². The van der Waals surface area contributed by atoms with E-state index in [4.69, 9.17) is 9.47 Å². The molecule has 2 unspecified atom stereocenters. The number of rotatable bonds is 1. The Morgan fingerprint density at radius 1 is 1.31 bits per heavy atom. The molecule has 0 aromatic carbocycles. The Morgan fingerprint density at radius 2 is 2.00 bits per heavy atom. The van der Waals surface area contributed by atoms with Gasteiger partial charge in [0.15, 0.2) is 5.79 Å². The van der Waals surface area contributed by atoms with Gasteiger partial charge in [-0.05, 0) is 26.7 Å². The van der Waals surface area contributed by atoms with Crippen molar-refractivity contribution in [1.82, 2.24) is 0 Å². The largest absolute Gasteiger partial charge is 0.347 e. The quantitative estimate of drug-likeness (QED) is 0.624. The summed E-state index contributed by atoms with van der Waals surface area (Å²) in [6, 6.07) is 0. The van der Waals surface area contributed by atoms with Gasteiger partial charge in [0, 0.05) is 12.3 Å². The first-order chi connectivity index (χ1) is 6.00. The first-order valence-electron chi connectivity index (χ1n) is 5.38. The first-order valence-corrected chi connectivity index (χ1v) is 5.38. The van der Waals surface area contributed by atoms with E-state index in [2.05, 4.69) is 27.7 Å². The van der Waals surface area contributed by atoms with Gasteiger partial charge in [0.1, 0.15) is 0 Å². The van der Waals surface area contributed by atoms with Crippen molar-refractivity contribution in [2.45, 2.75) is 64.4 Å². The van der Waals surface area contributed by atoms with E-state index in [0.29, 0.717) is 12.0 Å². The van der Waals surface area contributed by atoms with E-state index in [0.717, 1.165) is 19.3 Å². The third-order valence-corrected chi connectivity index (χ3v) is 3.52. The smallest absolute Gasteiger partial charge is 0.171 e. The monoisotopic (exact) mass is 184 g/mol. The zero-order chi connectivity index (χ0) is 9.69. The summed E-state index contributed by atoms with van der Waals surface area (Å²) in [7, 11) is 0. The highest BCUT2D eigenvalue weighted by Crippen LogP contribution is 2.51. The van der Waals surface area contributed by atoms with Crippen molar-refractivity contribution in [3.63, 3.8) is 0 Å². The standard InChI is InChI=1S/C11H20O2/c1-5-11-8(2)6-10(4,13-11)7-9(3)12-11/h8-9H,5-7H2,1-4H3/t8?,9?,10-,11+/m1/s1. The van der Waals surface area contributed by atoms with Crippen LogP contribution in [0.25, 0.3) is 0 Å². The lowest BCUT2D eigenvalue weighted by molar-refractivity contribution is -0.318. The van der Waals surface area contributed by atoms with E-state index in [1.54, 1.807) is 0 Å². The molecule has 0 amide bonds. The summed E-state index contributed by atoms with van der Waals surface area (Å²) in [5.41, 5.74) is 0.0765. The molecule has 13 heavy (non-hydrogen) atoms. The van der Waals surface area contributed by atoms with Gasteiger partial charge >= 0.3 is 0 Å². The van der Waals surface area contributed by atoms with Gasteiger partial charge in [0.2, 0.25) is 0 Å². The van der Waals surface area contributed by atoms with Crippen LogP contribution in [0.5, 0.6) is 0 Å². The summed E-state index contributed by atoms with van der Waals surface area (Å²) in [4.78, 5) is 0. The zero-order valence-electron chi connectivity index (χ0n) is 9.09. The third kappa shape index (κ3) is 1.31. The number of hydrogen-bond acceptors (Lipinski definition) is 2. The molecular formula is C11H20O2. The summed E-state index contributed by atoms with van der Waals surface area (Å²) < 4.78 is 12.1. The van der Waals surface area contributed by atoms with Crippen LogP contribution in [0.1, 0.15) is 47.0 Å². The van der Waals surface area contributed by atoms with Gasteiger partial charge in [-0.15, -0.1) is 0 Å². The molecule has 2 bridgehead atoms. The van der Waals surface area contributed by atoms with Crippen molar-refractivity contribution in [3.05, 3.63) is 0 Å². The summed E-state index contributed by atoms with van der Waals surface area (Å²) in [6.45, 7) is 8.77. The highest BCUT2D eigenvalue weighted by Gasteiger charge is 2.56. The molecule has 2 nitrogen and oxygen atoms in total. The van der Waals surface area contributed by atoms with Crippen LogP contribution in [0.15, 0.2) is 0 Å². The molecule has 0 radical (unpaired) electrons. The minimum atomic E-state index is -0.271. The molecule has 0 N–H and O–H groups in total. The highest BCUT2D eigenvalue weighted by molar-refractivity contribution is 4.98. The molecule has 2 heterocycles. The predicted octanol–water partition coefficient (Wildman–Crippen LogP) is 2.72. The molecule has 0 saturated carbocycles. The van der Waals surface area contributed by atoms with Crippen molar-refractivity contribution in [3.8, 4) is 0 Å². The maximum atomic E-state index is 6.08. The van der Waals surface area contributed by atoms with Crippen molar-refractivity contribution in [2.75, 3.05) is 0 Å². The molecule has 4 atom stereocenters. The van der Waals surface area contributed by atoms with Crippen LogP contribution < -0.4 is 0 Å². The normalized spacial score (nSPS) is 55.4. The maximum absolute atomic E-state index is 6.08. The summed E-state index contributed by atoms with van der Waals surface area (Å²) in [5.74, 6) is 0.263. The van der Waals surface area contributed by atoms with Crippen LogP contribution in [0, 0.1) is 5.92 Å². The van der Waals surface area contributed by atoms with Crippen LogP contribution in [0.3, 0.4) is 0 Å². The van der Waals surface area contributed by atoms with Crippen molar-refractivity contribution in [2.24, 2.45) is 5.92 Å². The highest BCUT2D eigenvalue weighted by atomic mass is 16.7. The average Bonchev–Trinajstić information content (AvgIpc) is 2.18. The fourth-order valence-electron chi connectivity index (χ4n) is 3.12. The van der Waals surface area contributed by atoms with Crippen molar-refractivity contribution < 1.29 is 9.47 Å². The Bertz CT molecular complexity index is 216. The zero-order valence-corrected chi connectivity index (χ0v) is 9.09. The van der Waals surface area contributed by atoms with E-state index in [9.17, 15) is 0 Å². The molecule has 2 aliphatic rings. The topological polar surface area (TPSA) is 18.5 Å². The van der Waals surface area contributed by atoms with E-state index in [1.807, 2.05) is 0 Å². The van der Waals surface area contributed by atoms with E-state index in [1.165, 1.54) is 0 Å². The predicted molar refractivity (Wildman–Crippen MR) is 51.5 cm³/mol. The average molecular weight is 184 g/mol. The molecule has 0 aromatic rings. The molecule has 2 aliphatic heterocycles. The minimum Gasteiger partial charge on any atom is -0.347 e. The number of hydrogen-bond donors (Lipinski definition) is 0. The van der Waals surface area contributed by atoms with Crippen LogP contribution in [0.4, 0.5) is 0 Å². The van der Waals surface area contributed by atoms with Crippen LogP contribution in [-0.2, 0) is 9.47 Å². The second kappa shape index (κ2) is 2.71. The molecule has 76 valence electrons. The molecule has 0 aliphatic carbocycles. The van der Waals surface area contributed by atoms with Gasteiger partial charge in [0.05, 0.1) is 11.7 Å². The molecule has 2 saturated heterocycles. The van der Waals surface area contributed by atoms with Gasteiger partial charge < -0.3 is 9.47 Å². The number of ether oxygens (including phenoxy) is 2. The molecule has 0 spiro atoms. The molecule has 0 aromatic heterocycles. The molecular weight excluding hydrogens is 164 g/mol. The lowest BCUT2D eigenvalue weighted by atomic mass is 9.90. The summed E-state index contributed by atoms with van der Waals surface area (Å²) >= 11 is 0. The second-order valence-corrected chi connectivity index (χ2v) is 4.96. The lowest BCUT2D eigenvalue weighted by Gasteiger charge is -2.42. The summed E-state index contributed by atoms with van der Waals surface area (Å²) in [5, 5.41) is 0. The van der Waals surface area contributed by atoms with Gasteiger partial charge in [-0.1, -0.05) is 13.8 Å². The first kappa shape index (κ1) is 9.47. The minimum absolute atomic E-state index is 0.0765. The Labute approximate surface area is 80.6 Å². The maximum Gasteiger partial charge on any atom is 0.171 e. The third-order valence-electron chi connectivity index (χ3n) is 3.52. The lowest BCUT2D eigenvalue weighted by Crippen LogP contribution is -2.47. The number of fused-ring (bicyclic) bond motifs is 2. The van der Waals surface area contributed by atoms with Crippen molar-refractivity contribution in [1.29, 1.82) is 0 Å². The SMILES string of the molecule is CC[C@@]12OC(C)C[C@@](C)(CC1C)O2. The summed E-state index contributed by atoms with van der Waals surface area (Å²) in [6.07, 6.45) is 3.50. The van der Waals surface area contributed by atoms with E-state index >= 15 is 0 Å². The van der Waals surface area contributed by atoms with Gasteiger partial charge in [0.25, 0.3) is 0 Å². The molecule has 2 fully saturated rings. The van der Waals surface area contributed by atoms with Crippen LogP contribution in [-0.4, -0.2) is 17.5 Å². The second-order valence-electron chi connectivity index (χ2n) is 4.96. The molecule has 2 heteroatoms. The fraction of sp³-hybridized carbons (Fsp3) is 1.00. The molecule has 2 rings (SSSR count). The Morgan fingerprint density at radius 3 is 2.62 bits per heavy atom. The van der Waals surface area contributed by atoms with Crippen LogP contribution >= 0.6 is 0 Å².